The first-order valence-electron chi connectivity index (χ1n) is 7.03. The Morgan fingerprint density at radius 1 is 1.37 bits per heavy atom. The van der Waals surface area contributed by atoms with Crippen LogP contribution in [0.15, 0.2) is 10.9 Å². The number of aromatic amines is 1. The highest BCUT2D eigenvalue weighted by Crippen LogP contribution is 2.36. The molecule has 2 aliphatic rings. The van der Waals surface area contributed by atoms with E-state index in [1.165, 1.54) is 6.07 Å². The zero-order valence-electron chi connectivity index (χ0n) is 11.2. The van der Waals surface area contributed by atoms with Gasteiger partial charge in [-0.3, -0.25) is 9.59 Å². The molecule has 1 aromatic rings. The topological polar surface area (TPSA) is 66.1 Å². The Labute approximate surface area is 112 Å². The molecular formula is C14H19N3O2. The van der Waals surface area contributed by atoms with Crippen molar-refractivity contribution in [2.75, 3.05) is 6.54 Å². The number of carbonyl (C=O) groups is 1. The van der Waals surface area contributed by atoms with Crippen LogP contribution < -0.4 is 5.56 Å². The normalized spacial score (nSPS) is 23.4. The Morgan fingerprint density at radius 2 is 2.16 bits per heavy atom. The summed E-state index contributed by atoms with van der Waals surface area (Å²) in [5.41, 5.74) is 0.608. The molecule has 1 saturated heterocycles. The quantitative estimate of drug-likeness (QED) is 0.878. The number of nitrogens with zero attached hydrogens (tertiary/aromatic N) is 2. The van der Waals surface area contributed by atoms with E-state index < -0.39 is 0 Å². The SMILES string of the molecule is Cc1nc([C@@H]2CCCN2C(=O)C2CCC2)cc(=O)[nH]1. The maximum Gasteiger partial charge on any atom is 0.251 e. The van der Waals surface area contributed by atoms with E-state index in [1.807, 2.05) is 4.90 Å². The fraction of sp³-hybridized carbons (Fsp3) is 0.643. The Hall–Kier alpha value is -1.65. The van der Waals surface area contributed by atoms with E-state index in [9.17, 15) is 9.59 Å². The van der Waals surface area contributed by atoms with Gasteiger partial charge in [-0.15, -0.1) is 0 Å². The molecule has 1 N–H and O–H groups in total. The number of amides is 1. The monoisotopic (exact) mass is 261 g/mol. The molecule has 102 valence electrons. The fourth-order valence-electron chi connectivity index (χ4n) is 3.00. The van der Waals surface area contributed by atoms with Gasteiger partial charge in [0.15, 0.2) is 0 Å². The van der Waals surface area contributed by atoms with E-state index >= 15 is 0 Å². The number of nitrogens with one attached hydrogen (secondary N) is 1. The van der Waals surface area contributed by atoms with Gasteiger partial charge >= 0.3 is 0 Å². The van der Waals surface area contributed by atoms with Crippen LogP contribution >= 0.6 is 0 Å². The molecule has 5 nitrogen and oxygen atoms in total. The highest BCUT2D eigenvalue weighted by Gasteiger charge is 2.36. The van der Waals surface area contributed by atoms with Gasteiger partial charge in [-0.25, -0.2) is 4.98 Å². The lowest BCUT2D eigenvalue weighted by Crippen LogP contribution is -2.39. The summed E-state index contributed by atoms with van der Waals surface area (Å²) in [4.78, 5) is 32.9. The van der Waals surface area contributed by atoms with E-state index in [1.54, 1.807) is 6.92 Å². The maximum absolute atomic E-state index is 12.4. The molecule has 1 aliphatic heterocycles. The first-order chi connectivity index (χ1) is 9.15. The largest absolute Gasteiger partial charge is 0.334 e. The summed E-state index contributed by atoms with van der Waals surface area (Å²) in [5.74, 6) is 1.09. The van der Waals surface area contributed by atoms with Crippen LogP contribution in [0.2, 0.25) is 0 Å². The minimum Gasteiger partial charge on any atom is -0.334 e. The van der Waals surface area contributed by atoms with Crippen molar-refractivity contribution >= 4 is 5.91 Å². The van der Waals surface area contributed by atoms with E-state index in [-0.39, 0.29) is 23.4 Å². The van der Waals surface area contributed by atoms with Gasteiger partial charge in [0.25, 0.3) is 5.56 Å². The Kier molecular flexibility index (Phi) is 3.12. The van der Waals surface area contributed by atoms with Gasteiger partial charge in [0.1, 0.15) is 5.82 Å². The van der Waals surface area contributed by atoms with E-state index in [2.05, 4.69) is 9.97 Å². The van der Waals surface area contributed by atoms with Gasteiger partial charge in [-0.2, -0.15) is 0 Å². The minimum absolute atomic E-state index is 0.00546. The van der Waals surface area contributed by atoms with Gasteiger partial charge in [-0.1, -0.05) is 6.42 Å². The Morgan fingerprint density at radius 3 is 2.79 bits per heavy atom. The molecule has 1 atom stereocenters. The second-order valence-electron chi connectivity index (χ2n) is 5.57. The van der Waals surface area contributed by atoms with E-state index in [0.717, 1.165) is 44.3 Å². The van der Waals surface area contributed by atoms with Crippen LogP contribution in [-0.4, -0.2) is 27.3 Å². The summed E-state index contributed by atoms with van der Waals surface area (Å²) in [6.45, 7) is 2.57. The van der Waals surface area contributed by atoms with Crippen LogP contribution in [0.5, 0.6) is 0 Å². The zero-order chi connectivity index (χ0) is 13.4. The number of hydrogen-bond donors (Lipinski definition) is 1. The number of carbonyl (C=O) groups excluding carboxylic acids is 1. The molecule has 1 amide bonds. The molecule has 0 bridgehead atoms. The summed E-state index contributed by atoms with van der Waals surface area (Å²) in [6, 6.07) is 1.53. The molecule has 3 rings (SSSR count). The molecule has 0 aromatic carbocycles. The van der Waals surface area contributed by atoms with Crippen molar-refractivity contribution in [2.45, 2.75) is 45.1 Å². The van der Waals surface area contributed by atoms with Crippen LogP contribution in [0.25, 0.3) is 0 Å². The smallest absolute Gasteiger partial charge is 0.251 e. The number of aromatic nitrogens is 2. The van der Waals surface area contributed by atoms with Crippen molar-refractivity contribution in [2.24, 2.45) is 5.92 Å². The highest BCUT2D eigenvalue weighted by atomic mass is 16.2. The Bertz CT molecular complexity index is 548. The molecule has 0 spiro atoms. The van der Waals surface area contributed by atoms with Crippen LogP contribution in [0, 0.1) is 12.8 Å². The Balaban J connectivity index is 1.85. The summed E-state index contributed by atoms with van der Waals surface area (Å²) in [7, 11) is 0. The second kappa shape index (κ2) is 4.79. The third-order valence-corrected chi connectivity index (χ3v) is 4.21. The summed E-state index contributed by atoms with van der Waals surface area (Å²) >= 11 is 0. The molecule has 0 unspecified atom stereocenters. The van der Waals surface area contributed by atoms with E-state index in [4.69, 9.17) is 0 Å². The zero-order valence-corrected chi connectivity index (χ0v) is 11.2. The first kappa shape index (κ1) is 12.4. The van der Waals surface area contributed by atoms with Gasteiger partial charge in [-0.05, 0) is 32.6 Å². The summed E-state index contributed by atoms with van der Waals surface area (Å²) in [5, 5.41) is 0. The highest BCUT2D eigenvalue weighted by molar-refractivity contribution is 5.80. The molecule has 5 heteroatoms. The lowest BCUT2D eigenvalue weighted by Gasteiger charge is -2.32. The maximum atomic E-state index is 12.4. The van der Waals surface area contributed by atoms with Crippen LogP contribution in [0.4, 0.5) is 0 Å². The molecule has 2 fully saturated rings. The predicted molar refractivity (Wildman–Crippen MR) is 70.6 cm³/mol. The predicted octanol–water partition coefficient (Wildman–Crippen LogP) is 1.54. The molecular weight excluding hydrogens is 242 g/mol. The first-order valence-corrected chi connectivity index (χ1v) is 7.03. The van der Waals surface area contributed by atoms with Gasteiger partial charge in [0, 0.05) is 18.5 Å². The van der Waals surface area contributed by atoms with Crippen molar-refractivity contribution in [3.05, 3.63) is 27.9 Å². The molecule has 1 aliphatic carbocycles. The number of H-pyrrole nitrogens is 1. The fourth-order valence-corrected chi connectivity index (χ4v) is 3.00. The molecule has 1 saturated carbocycles. The van der Waals surface area contributed by atoms with Gasteiger partial charge in [0.05, 0.1) is 11.7 Å². The average Bonchev–Trinajstić information content (AvgIpc) is 2.73. The van der Waals surface area contributed by atoms with Gasteiger partial charge < -0.3 is 9.88 Å². The number of aryl methyl sites for hydroxylation is 1. The van der Waals surface area contributed by atoms with E-state index in [0.29, 0.717) is 5.82 Å². The molecule has 2 heterocycles. The average molecular weight is 261 g/mol. The summed E-state index contributed by atoms with van der Waals surface area (Å²) in [6.07, 6.45) is 5.11. The van der Waals surface area contributed by atoms with Crippen LogP contribution in [-0.2, 0) is 4.79 Å². The van der Waals surface area contributed by atoms with Crippen molar-refractivity contribution < 1.29 is 4.79 Å². The van der Waals surface area contributed by atoms with Crippen molar-refractivity contribution in [3.63, 3.8) is 0 Å². The minimum atomic E-state index is -0.134. The number of hydrogen-bond acceptors (Lipinski definition) is 3. The van der Waals surface area contributed by atoms with Crippen molar-refractivity contribution in [1.82, 2.24) is 14.9 Å². The lowest BCUT2D eigenvalue weighted by molar-refractivity contribution is -0.139. The summed E-state index contributed by atoms with van der Waals surface area (Å²) < 4.78 is 0. The van der Waals surface area contributed by atoms with Gasteiger partial charge in [0.2, 0.25) is 5.91 Å². The third kappa shape index (κ3) is 2.29. The standard InChI is InChI=1S/C14H19N3O2/c1-9-15-11(8-13(18)16-9)12-6-3-7-17(12)14(19)10-4-2-5-10/h8,10,12H,2-7H2,1H3,(H,15,16,18)/t12-/m0/s1. The number of rotatable bonds is 2. The third-order valence-electron chi connectivity index (χ3n) is 4.21. The lowest BCUT2D eigenvalue weighted by atomic mass is 9.84. The second-order valence-corrected chi connectivity index (χ2v) is 5.57. The van der Waals surface area contributed by atoms with Crippen molar-refractivity contribution in [1.29, 1.82) is 0 Å². The molecule has 0 radical (unpaired) electrons. The van der Waals surface area contributed by atoms with Crippen LogP contribution in [0.3, 0.4) is 0 Å². The van der Waals surface area contributed by atoms with Crippen LogP contribution in [0.1, 0.15) is 49.7 Å². The molecule has 1 aromatic heterocycles. The van der Waals surface area contributed by atoms with Crippen molar-refractivity contribution in [3.8, 4) is 0 Å². The number of likely N-dealkylation sites (tertiary alicyclic amines) is 1. The molecule has 19 heavy (non-hydrogen) atoms.